The Balaban J connectivity index is 1.36. The van der Waals surface area contributed by atoms with Crippen molar-refractivity contribution in [2.75, 3.05) is 37.0 Å². The van der Waals surface area contributed by atoms with Crippen molar-refractivity contribution in [1.82, 2.24) is 0 Å². The molecule has 29 heavy (non-hydrogen) atoms. The van der Waals surface area contributed by atoms with Gasteiger partial charge >= 0.3 is 0 Å². The molecule has 0 aromatic heterocycles. The molecule has 1 saturated carbocycles. The smallest absolute Gasteiger partial charge is 0.155 e. The average molecular weight is 422 g/mol. The van der Waals surface area contributed by atoms with Crippen LogP contribution in [-0.4, -0.2) is 45.2 Å². The van der Waals surface area contributed by atoms with Gasteiger partial charge in [0.15, 0.2) is 9.84 Å². The van der Waals surface area contributed by atoms with Crippen molar-refractivity contribution in [1.29, 1.82) is 0 Å². The van der Waals surface area contributed by atoms with Crippen LogP contribution in [0.3, 0.4) is 0 Å². The first-order valence-electron chi connectivity index (χ1n) is 11.4. The highest BCUT2D eigenvalue weighted by atomic mass is 32.2. The fraction of sp³-hybridized carbons (Fsp3) is 0.750. The van der Waals surface area contributed by atoms with E-state index in [1.807, 2.05) is 20.8 Å². The molecule has 1 aromatic carbocycles. The minimum Gasteiger partial charge on any atom is -0.378 e. The molecular formula is C24H39NO3S. The van der Waals surface area contributed by atoms with Gasteiger partial charge in [-0.15, -0.1) is 0 Å². The first-order chi connectivity index (χ1) is 13.7. The number of benzene rings is 1. The Bertz CT molecular complexity index is 722. The van der Waals surface area contributed by atoms with Gasteiger partial charge in [-0.25, -0.2) is 8.42 Å². The van der Waals surface area contributed by atoms with E-state index >= 15 is 0 Å². The molecule has 5 heteroatoms. The summed E-state index contributed by atoms with van der Waals surface area (Å²) >= 11 is 0. The maximum atomic E-state index is 12.4. The van der Waals surface area contributed by atoms with Crippen molar-refractivity contribution in [3.63, 3.8) is 0 Å². The monoisotopic (exact) mass is 421 g/mol. The van der Waals surface area contributed by atoms with Crippen molar-refractivity contribution >= 4 is 15.5 Å². The van der Waals surface area contributed by atoms with Crippen molar-refractivity contribution in [2.24, 2.45) is 11.8 Å². The lowest BCUT2D eigenvalue weighted by Crippen LogP contribution is -2.36. The van der Waals surface area contributed by atoms with Crippen LogP contribution in [0.2, 0.25) is 0 Å². The molecule has 2 fully saturated rings. The Morgan fingerprint density at radius 1 is 0.966 bits per heavy atom. The summed E-state index contributed by atoms with van der Waals surface area (Å²) in [5, 5.41) is 0. The zero-order chi connectivity index (χ0) is 20.9. The van der Waals surface area contributed by atoms with Gasteiger partial charge in [0.2, 0.25) is 0 Å². The molecule has 0 amide bonds. The van der Waals surface area contributed by atoms with Crippen LogP contribution in [0.5, 0.6) is 0 Å². The predicted molar refractivity (Wildman–Crippen MR) is 121 cm³/mol. The lowest BCUT2D eigenvalue weighted by atomic mass is 9.80. The summed E-state index contributed by atoms with van der Waals surface area (Å²) in [7, 11) is -2.99. The number of ether oxygens (including phenoxy) is 1. The molecule has 1 saturated heterocycles. The van der Waals surface area contributed by atoms with Crippen LogP contribution in [0.15, 0.2) is 24.3 Å². The van der Waals surface area contributed by atoms with E-state index in [2.05, 4.69) is 29.2 Å². The van der Waals surface area contributed by atoms with Crippen LogP contribution in [0.25, 0.3) is 0 Å². The first kappa shape index (κ1) is 22.6. The molecule has 4 nitrogen and oxygen atoms in total. The second kappa shape index (κ2) is 9.82. The van der Waals surface area contributed by atoms with E-state index in [-0.39, 0.29) is 0 Å². The van der Waals surface area contributed by atoms with Crippen LogP contribution < -0.4 is 4.90 Å². The lowest BCUT2D eigenvalue weighted by Gasteiger charge is -2.30. The van der Waals surface area contributed by atoms with Gasteiger partial charge in [-0.1, -0.05) is 31.4 Å². The summed E-state index contributed by atoms with van der Waals surface area (Å²) in [4.78, 5) is 2.39. The van der Waals surface area contributed by atoms with E-state index in [9.17, 15) is 8.42 Å². The third-order valence-corrected chi connectivity index (χ3v) is 9.52. The molecule has 0 bridgehead atoms. The molecule has 0 atom stereocenters. The minimum absolute atomic E-state index is 0.364. The number of nitrogens with zero attached hydrogens (tertiary/aromatic N) is 1. The lowest BCUT2D eigenvalue weighted by molar-refractivity contribution is 0.122. The maximum absolute atomic E-state index is 12.4. The molecule has 0 unspecified atom stereocenters. The van der Waals surface area contributed by atoms with Gasteiger partial charge < -0.3 is 9.64 Å². The van der Waals surface area contributed by atoms with Crippen molar-refractivity contribution in [3.05, 3.63) is 29.8 Å². The largest absolute Gasteiger partial charge is 0.378 e. The second-order valence-electron chi connectivity index (χ2n) is 9.94. The number of rotatable bonds is 7. The van der Waals surface area contributed by atoms with E-state index < -0.39 is 14.6 Å². The molecule has 1 aliphatic heterocycles. The fourth-order valence-electron chi connectivity index (χ4n) is 4.54. The molecule has 3 rings (SSSR count). The van der Waals surface area contributed by atoms with Gasteiger partial charge in [-0.3, -0.25) is 0 Å². The standard InChI is InChI=1S/C24H39NO3S/c1-24(2,3)29(26,27)19-22-9-7-20(8-10-22)5-4-6-21-11-13-23(14-12-21)25-15-17-28-18-16-25/h11-14,20,22H,4-10,15-19H2,1-3H3. The fourth-order valence-corrected chi connectivity index (χ4v) is 5.99. The molecule has 0 spiro atoms. The summed E-state index contributed by atoms with van der Waals surface area (Å²) in [6, 6.07) is 9.06. The van der Waals surface area contributed by atoms with E-state index in [0.29, 0.717) is 11.7 Å². The summed E-state index contributed by atoms with van der Waals surface area (Å²) in [5.74, 6) is 1.51. The van der Waals surface area contributed by atoms with Gasteiger partial charge in [0.25, 0.3) is 0 Å². The van der Waals surface area contributed by atoms with E-state index in [0.717, 1.165) is 51.5 Å². The third kappa shape index (κ3) is 6.45. The number of sulfone groups is 1. The van der Waals surface area contributed by atoms with Crippen LogP contribution in [0.4, 0.5) is 5.69 Å². The molecule has 1 aliphatic carbocycles. The molecular weight excluding hydrogens is 382 g/mol. The summed E-state index contributed by atoms with van der Waals surface area (Å²) in [6.07, 6.45) is 8.18. The Morgan fingerprint density at radius 2 is 1.55 bits per heavy atom. The van der Waals surface area contributed by atoms with Crippen molar-refractivity contribution in [2.45, 2.75) is 70.5 Å². The highest BCUT2D eigenvalue weighted by Crippen LogP contribution is 2.34. The molecule has 1 aromatic rings. The van der Waals surface area contributed by atoms with E-state index in [1.54, 1.807) is 0 Å². The first-order valence-corrected chi connectivity index (χ1v) is 13.0. The van der Waals surface area contributed by atoms with Crippen LogP contribution in [0.1, 0.15) is 64.9 Å². The normalized spacial score (nSPS) is 23.9. The zero-order valence-electron chi connectivity index (χ0n) is 18.5. The van der Waals surface area contributed by atoms with Crippen LogP contribution >= 0.6 is 0 Å². The molecule has 1 heterocycles. The highest BCUT2D eigenvalue weighted by molar-refractivity contribution is 7.92. The average Bonchev–Trinajstić information content (AvgIpc) is 2.69. The number of aryl methyl sites for hydroxylation is 1. The molecule has 164 valence electrons. The van der Waals surface area contributed by atoms with Crippen molar-refractivity contribution < 1.29 is 13.2 Å². The summed E-state index contributed by atoms with van der Waals surface area (Å²) in [5.41, 5.74) is 2.73. The Morgan fingerprint density at radius 3 is 2.14 bits per heavy atom. The number of hydrogen-bond donors (Lipinski definition) is 0. The zero-order valence-corrected chi connectivity index (χ0v) is 19.3. The topological polar surface area (TPSA) is 46.6 Å². The Hall–Kier alpha value is -1.07. The third-order valence-electron chi connectivity index (χ3n) is 6.74. The Labute approximate surface area is 177 Å². The van der Waals surface area contributed by atoms with Crippen LogP contribution in [-0.2, 0) is 21.0 Å². The van der Waals surface area contributed by atoms with Crippen molar-refractivity contribution in [3.8, 4) is 0 Å². The SMILES string of the molecule is CC(C)(C)S(=O)(=O)CC1CCC(CCCc2ccc(N3CCOCC3)cc2)CC1. The predicted octanol–water partition coefficient (Wildman–Crippen LogP) is 4.87. The highest BCUT2D eigenvalue weighted by Gasteiger charge is 2.33. The number of anilines is 1. The van der Waals surface area contributed by atoms with Gasteiger partial charge in [-0.2, -0.15) is 0 Å². The van der Waals surface area contributed by atoms with Gasteiger partial charge in [0.05, 0.1) is 23.7 Å². The summed E-state index contributed by atoms with van der Waals surface area (Å²) in [6.45, 7) is 9.08. The van der Waals surface area contributed by atoms with E-state index in [4.69, 9.17) is 4.74 Å². The molecule has 0 radical (unpaired) electrons. The van der Waals surface area contributed by atoms with Gasteiger partial charge in [-0.05, 0) is 76.0 Å². The molecule has 2 aliphatic rings. The number of hydrogen-bond acceptors (Lipinski definition) is 4. The van der Waals surface area contributed by atoms with Gasteiger partial charge in [0.1, 0.15) is 0 Å². The second-order valence-corrected chi connectivity index (χ2v) is 12.7. The van der Waals surface area contributed by atoms with Crippen LogP contribution in [0, 0.1) is 11.8 Å². The maximum Gasteiger partial charge on any atom is 0.155 e. The van der Waals surface area contributed by atoms with E-state index in [1.165, 1.54) is 36.9 Å². The minimum atomic E-state index is -2.99. The Kier molecular flexibility index (Phi) is 7.66. The summed E-state index contributed by atoms with van der Waals surface area (Å²) < 4.78 is 29.7. The quantitative estimate of drug-likeness (QED) is 0.630. The van der Waals surface area contributed by atoms with Gasteiger partial charge in [0, 0.05) is 18.8 Å². The molecule has 0 N–H and O–H groups in total. The number of morpholine rings is 1.